The minimum Gasteiger partial charge on any atom is -0.493 e. The zero-order chi connectivity index (χ0) is 13.0. The summed E-state index contributed by atoms with van der Waals surface area (Å²) >= 11 is 1.11. The smallest absolute Gasteiger partial charge is 0.256 e. The van der Waals surface area contributed by atoms with Crippen LogP contribution in [0.1, 0.15) is 10.4 Å². The lowest BCUT2D eigenvalue weighted by atomic mass is 10.2. The second kappa shape index (κ2) is 5.46. The molecule has 0 unspecified atom stereocenters. The van der Waals surface area contributed by atoms with E-state index in [1.807, 2.05) is 0 Å². The topological polar surface area (TPSA) is 73.3 Å². The molecule has 18 heavy (non-hydrogen) atoms. The summed E-state index contributed by atoms with van der Waals surface area (Å²) in [6, 6.07) is 4.95. The Morgan fingerprint density at radius 1 is 1.28 bits per heavy atom. The van der Waals surface area contributed by atoms with E-state index in [1.165, 1.54) is 13.3 Å². The molecule has 0 bridgehead atoms. The number of ether oxygens (including phenoxy) is 2. The van der Waals surface area contributed by atoms with E-state index in [-0.39, 0.29) is 5.91 Å². The molecule has 0 saturated heterocycles. The van der Waals surface area contributed by atoms with Crippen LogP contribution in [0.2, 0.25) is 0 Å². The number of carbonyl (C=O) groups is 1. The Balaban J connectivity index is 2.20. The SMILES string of the molecule is COc1ccc(C(=O)Nc2cnns2)cc1OC. The summed E-state index contributed by atoms with van der Waals surface area (Å²) in [5.41, 5.74) is 0.473. The number of nitrogens with zero attached hydrogens (tertiary/aromatic N) is 2. The van der Waals surface area contributed by atoms with Crippen LogP contribution in [0, 0.1) is 0 Å². The van der Waals surface area contributed by atoms with E-state index in [1.54, 1.807) is 25.3 Å². The van der Waals surface area contributed by atoms with Crippen LogP contribution in [0.4, 0.5) is 5.00 Å². The van der Waals surface area contributed by atoms with Gasteiger partial charge in [-0.3, -0.25) is 4.79 Å². The Morgan fingerprint density at radius 2 is 2.06 bits per heavy atom. The van der Waals surface area contributed by atoms with Gasteiger partial charge in [0.15, 0.2) is 11.5 Å². The van der Waals surface area contributed by atoms with Crippen molar-refractivity contribution in [3.63, 3.8) is 0 Å². The van der Waals surface area contributed by atoms with E-state index >= 15 is 0 Å². The zero-order valence-corrected chi connectivity index (χ0v) is 10.7. The van der Waals surface area contributed by atoms with Crippen molar-refractivity contribution >= 4 is 22.4 Å². The average Bonchev–Trinajstić information content (AvgIpc) is 2.90. The third-order valence-electron chi connectivity index (χ3n) is 2.24. The molecule has 1 heterocycles. The van der Waals surface area contributed by atoms with Gasteiger partial charge in [-0.25, -0.2) is 0 Å². The number of hydrogen-bond acceptors (Lipinski definition) is 6. The number of aromatic nitrogens is 2. The highest BCUT2D eigenvalue weighted by atomic mass is 32.1. The van der Waals surface area contributed by atoms with Crippen molar-refractivity contribution in [3.05, 3.63) is 30.0 Å². The molecule has 94 valence electrons. The van der Waals surface area contributed by atoms with Gasteiger partial charge < -0.3 is 14.8 Å². The Bertz CT molecular complexity index is 542. The minimum absolute atomic E-state index is 0.248. The fourth-order valence-electron chi connectivity index (χ4n) is 1.38. The number of benzene rings is 1. The number of carbonyl (C=O) groups excluding carboxylic acids is 1. The molecule has 6 nitrogen and oxygen atoms in total. The molecule has 0 atom stereocenters. The van der Waals surface area contributed by atoms with Crippen molar-refractivity contribution in [2.75, 3.05) is 19.5 Å². The molecule has 0 aliphatic carbocycles. The van der Waals surface area contributed by atoms with Crippen LogP contribution in [0.25, 0.3) is 0 Å². The van der Waals surface area contributed by atoms with Crippen molar-refractivity contribution in [1.29, 1.82) is 0 Å². The quantitative estimate of drug-likeness (QED) is 0.912. The van der Waals surface area contributed by atoms with Crippen LogP contribution in [0.15, 0.2) is 24.4 Å². The van der Waals surface area contributed by atoms with Crippen molar-refractivity contribution in [2.45, 2.75) is 0 Å². The van der Waals surface area contributed by atoms with Gasteiger partial charge in [-0.1, -0.05) is 4.49 Å². The van der Waals surface area contributed by atoms with Crippen molar-refractivity contribution in [2.24, 2.45) is 0 Å². The molecule has 0 radical (unpaired) electrons. The van der Waals surface area contributed by atoms with Crippen molar-refractivity contribution in [1.82, 2.24) is 9.59 Å². The molecule has 1 aromatic heterocycles. The Labute approximate surface area is 108 Å². The van der Waals surface area contributed by atoms with Crippen LogP contribution >= 0.6 is 11.5 Å². The first-order chi connectivity index (χ1) is 8.74. The molecule has 0 aliphatic heterocycles. The minimum atomic E-state index is -0.248. The van der Waals surface area contributed by atoms with E-state index in [2.05, 4.69) is 14.9 Å². The second-order valence-corrected chi connectivity index (χ2v) is 4.09. The maximum atomic E-state index is 11.9. The molecule has 1 aromatic carbocycles. The highest BCUT2D eigenvalue weighted by molar-refractivity contribution is 7.10. The number of amides is 1. The van der Waals surface area contributed by atoms with Gasteiger partial charge in [-0.15, -0.1) is 5.10 Å². The van der Waals surface area contributed by atoms with Gasteiger partial charge in [0, 0.05) is 17.1 Å². The first-order valence-corrected chi connectivity index (χ1v) is 5.82. The zero-order valence-electron chi connectivity index (χ0n) is 9.84. The molecule has 1 amide bonds. The highest BCUT2D eigenvalue weighted by Crippen LogP contribution is 2.27. The summed E-state index contributed by atoms with van der Waals surface area (Å²) in [5, 5.41) is 6.92. The summed E-state index contributed by atoms with van der Waals surface area (Å²) in [7, 11) is 3.06. The molecule has 0 fully saturated rings. The van der Waals surface area contributed by atoms with Crippen LogP contribution in [0.5, 0.6) is 11.5 Å². The predicted molar refractivity (Wildman–Crippen MR) is 67.4 cm³/mol. The normalized spacial score (nSPS) is 9.89. The predicted octanol–water partition coefficient (Wildman–Crippen LogP) is 1.81. The molecular weight excluding hydrogens is 254 g/mol. The van der Waals surface area contributed by atoms with Gasteiger partial charge in [-0.2, -0.15) is 0 Å². The fourth-order valence-corrected chi connectivity index (χ4v) is 1.80. The lowest BCUT2D eigenvalue weighted by Gasteiger charge is -2.09. The lowest BCUT2D eigenvalue weighted by molar-refractivity contribution is 0.102. The largest absolute Gasteiger partial charge is 0.493 e. The molecule has 1 N–H and O–H groups in total. The maximum Gasteiger partial charge on any atom is 0.256 e. The van der Waals surface area contributed by atoms with Gasteiger partial charge in [-0.05, 0) is 18.2 Å². The van der Waals surface area contributed by atoms with Gasteiger partial charge in [0.05, 0.1) is 20.4 Å². The Morgan fingerprint density at radius 3 is 2.67 bits per heavy atom. The summed E-state index contributed by atoms with van der Waals surface area (Å²) in [5.74, 6) is 0.836. The number of anilines is 1. The Hall–Kier alpha value is -2.15. The summed E-state index contributed by atoms with van der Waals surface area (Å²) in [4.78, 5) is 11.9. The molecule has 0 spiro atoms. The third-order valence-corrected chi connectivity index (χ3v) is 2.82. The van der Waals surface area contributed by atoms with E-state index in [0.29, 0.717) is 22.1 Å². The molecule has 0 saturated carbocycles. The average molecular weight is 265 g/mol. The van der Waals surface area contributed by atoms with Crippen LogP contribution < -0.4 is 14.8 Å². The fraction of sp³-hybridized carbons (Fsp3) is 0.182. The third kappa shape index (κ3) is 2.57. The first-order valence-electron chi connectivity index (χ1n) is 5.05. The number of hydrogen-bond donors (Lipinski definition) is 1. The van der Waals surface area contributed by atoms with Crippen molar-refractivity contribution in [3.8, 4) is 11.5 Å². The van der Waals surface area contributed by atoms with E-state index in [9.17, 15) is 4.79 Å². The van der Waals surface area contributed by atoms with Crippen LogP contribution in [-0.4, -0.2) is 29.7 Å². The second-order valence-electron chi connectivity index (χ2n) is 3.31. The van der Waals surface area contributed by atoms with E-state index in [0.717, 1.165) is 11.5 Å². The highest BCUT2D eigenvalue weighted by Gasteiger charge is 2.11. The van der Waals surface area contributed by atoms with E-state index in [4.69, 9.17) is 9.47 Å². The van der Waals surface area contributed by atoms with Gasteiger partial charge in [0.2, 0.25) is 0 Å². The van der Waals surface area contributed by atoms with Crippen LogP contribution in [0.3, 0.4) is 0 Å². The number of rotatable bonds is 4. The standard InChI is InChI=1S/C11H11N3O3S/c1-16-8-4-3-7(5-9(8)17-2)11(15)13-10-6-12-14-18-10/h3-6H,1-2H3,(H,13,15). The van der Waals surface area contributed by atoms with Crippen molar-refractivity contribution < 1.29 is 14.3 Å². The van der Waals surface area contributed by atoms with Gasteiger partial charge >= 0.3 is 0 Å². The van der Waals surface area contributed by atoms with Gasteiger partial charge in [0.25, 0.3) is 5.91 Å². The van der Waals surface area contributed by atoms with Gasteiger partial charge in [0.1, 0.15) is 5.00 Å². The number of nitrogens with one attached hydrogen (secondary N) is 1. The Kier molecular flexibility index (Phi) is 3.73. The monoisotopic (exact) mass is 265 g/mol. The van der Waals surface area contributed by atoms with Crippen LogP contribution in [-0.2, 0) is 0 Å². The molecular formula is C11H11N3O3S. The first kappa shape index (κ1) is 12.3. The summed E-state index contributed by atoms with van der Waals surface area (Å²) < 4.78 is 13.9. The molecule has 7 heteroatoms. The summed E-state index contributed by atoms with van der Waals surface area (Å²) in [6.45, 7) is 0. The lowest BCUT2D eigenvalue weighted by Crippen LogP contribution is -2.11. The summed E-state index contributed by atoms with van der Waals surface area (Å²) in [6.07, 6.45) is 1.49. The maximum absolute atomic E-state index is 11.9. The van der Waals surface area contributed by atoms with E-state index < -0.39 is 0 Å². The molecule has 2 rings (SSSR count). The number of methoxy groups -OCH3 is 2. The molecule has 2 aromatic rings. The molecule has 0 aliphatic rings.